The van der Waals surface area contributed by atoms with Gasteiger partial charge in [0.05, 0.1) is 7.11 Å². The minimum Gasteiger partial charge on any atom is -0.497 e. The van der Waals surface area contributed by atoms with Crippen LogP contribution in [0.15, 0.2) is 72.8 Å². The van der Waals surface area contributed by atoms with Crippen molar-refractivity contribution >= 4 is 11.8 Å². The Hall–Kier alpha value is -4.00. The Balaban J connectivity index is 1.53. The highest BCUT2D eigenvalue weighted by atomic mass is 16.7. The van der Waals surface area contributed by atoms with Gasteiger partial charge in [0.15, 0.2) is 11.5 Å². The highest BCUT2D eigenvalue weighted by Crippen LogP contribution is 2.32. The molecule has 7 nitrogen and oxygen atoms in total. The van der Waals surface area contributed by atoms with E-state index in [9.17, 15) is 9.59 Å². The summed E-state index contributed by atoms with van der Waals surface area (Å²) in [6.07, 6.45) is 0.406. The summed E-state index contributed by atoms with van der Waals surface area (Å²) in [5.74, 6) is 1.71. The van der Waals surface area contributed by atoms with Gasteiger partial charge in [-0.05, 0) is 41.0 Å². The Labute approximate surface area is 199 Å². The van der Waals surface area contributed by atoms with Gasteiger partial charge in [-0.25, -0.2) is 0 Å². The van der Waals surface area contributed by atoms with Crippen molar-refractivity contribution in [1.29, 1.82) is 0 Å². The zero-order valence-electron chi connectivity index (χ0n) is 19.3. The molecule has 0 aliphatic carbocycles. The van der Waals surface area contributed by atoms with Crippen molar-refractivity contribution in [2.45, 2.75) is 32.5 Å². The molecule has 2 amide bonds. The molecule has 1 N–H and O–H groups in total. The van der Waals surface area contributed by atoms with Crippen LogP contribution in [0.1, 0.15) is 23.6 Å². The molecule has 0 radical (unpaired) electrons. The van der Waals surface area contributed by atoms with Crippen LogP contribution in [0.2, 0.25) is 0 Å². The van der Waals surface area contributed by atoms with Crippen molar-refractivity contribution in [3.8, 4) is 17.2 Å². The Morgan fingerprint density at radius 1 is 0.941 bits per heavy atom. The van der Waals surface area contributed by atoms with Crippen LogP contribution in [0.5, 0.6) is 17.2 Å². The first-order chi connectivity index (χ1) is 16.5. The average Bonchev–Trinajstić information content (AvgIpc) is 3.33. The molecule has 3 aromatic carbocycles. The SMILES string of the molecule is COc1ccc(CN(C(C)=O)[C@H](Cc2ccccc2)C(=O)NCc2ccc3c(c2)OCO3)cc1. The molecule has 0 spiro atoms. The Morgan fingerprint density at radius 3 is 2.35 bits per heavy atom. The van der Waals surface area contributed by atoms with Gasteiger partial charge in [-0.1, -0.05) is 48.5 Å². The van der Waals surface area contributed by atoms with E-state index in [2.05, 4.69) is 5.32 Å². The lowest BCUT2D eigenvalue weighted by Gasteiger charge is -2.30. The molecule has 4 rings (SSSR count). The number of rotatable bonds is 9. The number of methoxy groups -OCH3 is 1. The molecule has 1 aliphatic heterocycles. The molecule has 0 bridgehead atoms. The predicted molar refractivity (Wildman–Crippen MR) is 128 cm³/mol. The fraction of sp³-hybridized carbons (Fsp3) is 0.259. The zero-order chi connectivity index (χ0) is 23.9. The topological polar surface area (TPSA) is 77.1 Å². The number of carbonyl (C=O) groups is 2. The number of hydrogen-bond acceptors (Lipinski definition) is 5. The predicted octanol–water partition coefficient (Wildman–Crippen LogP) is 3.70. The lowest BCUT2D eigenvalue weighted by atomic mass is 10.0. The van der Waals surface area contributed by atoms with Gasteiger partial charge in [-0.15, -0.1) is 0 Å². The normalized spacial score (nSPS) is 12.6. The van der Waals surface area contributed by atoms with E-state index < -0.39 is 6.04 Å². The van der Waals surface area contributed by atoms with Gasteiger partial charge in [-0.3, -0.25) is 9.59 Å². The second-order valence-electron chi connectivity index (χ2n) is 8.11. The van der Waals surface area contributed by atoms with Crippen LogP contribution < -0.4 is 19.5 Å². The lowest BCUT2D eigenvalue weighted by Crippen LogP contribution is -2.49. The van der Waals surface area contributed by atoms with Crippen molar-refractivity contribution in [3.63, 3.8) is 0 Å². The maximum Gasteiger partial charge on any atom is 0.243 e. The molecule has 0 unspecified atom stereocenters. The molecule has 3 aromatic rings. The number of ether oxygens (including phenoxy) is 3. The quantitative estimate of drug-likeness (QED) is 0.527. The van der Waals surface area contributed by atoms with Crippen molar-refractivity contribution in [2.75, 3.05) is 13.9 Å². The maximum atomic E-state index is 13.4. The fourth-order valence-corrected chi connectivity index (χ4v) is 3.91. The molecule has 0 saturated heterocycles. The number of nitrogens with zero attached hydrogens (tertiary/aromatic N) is 1. The average molecular weight is 461 g/mol. The van der Waals surface area contributed by atoms with E-state index in [-0.39, 0.29) is 18.6 Å². The third-order valence-corrected chi connectivity index (χ3v) is 5.77. The molecule has 1 heterocycles. The molecule has 1 atom stereocenters. The second kappa shape index (κ2) is 10.7. The van der Waals surface area contributed by atoms with E-state index >= 15 is 0 Å². The summed E-state index contributed by atoms with van der Waals surface area (Å²) < 4.78 is 16.0. The number of carbonyl (C=O) groups excluding carboxylic acids is 2. The van der Waals surface area contributed by atoms with Gasteiger partial charge in [0.1, 0.15) is 11.8 Å². The Kier molecular flexibility index (Phi) is 7.32. The number of hydrogen-bond donors (Lipinski definition) is 1. The zero-order valence-corrected chi connectivity index (χ0v) is 19.3. The first kappa shape index (κ1) is 23.2. The first-order valence-electron chi connectivity index (χ1n) is 11.1. The summed E-state index contributed by atoms with van der Waals surface area (Å²) in [7, 11) is 1.61. The van der Waals surface area contributed by atoms with Crippen LogP contribution in [-0.2, 0) is 29.1 Å². The third-order valence-electron chi connectivity index (χ3n) is 5.77. The van der Waals surface area contributed by atoms with Gasteiger partial charge < -0.3 is 24.4 Å². The van der Waals surface area contributed by atoms with Crippen LogP contribution >= 0.6 is 0 Å². The molecule has 0 saturated carbocycles. The van der Waals surface area contributed by atoms with Crippen LogP contribution in [-0.4, -0.2) is 36.7 Å². The van der Waals surface area contributed by atoms with Crippen LogP contribution in [0, 0.1) is 0 Å². The Bertz CT molecular complexity index is 1130. The number of fused-ring (bicyclic) bond motifs is 1. The minimum atomic E-state index is -0.670. The summed E-state index contributed by atoms with van der Waals surface area (Å²) in [6, 6.07) is 22.1. The van der Waals surface area contributed by atoms with Crippen molar-refractivity contribution in [2.24, 2.45) is 0 Å². The van der Waals surface area contributed by atoms with E-state index in [4.69, 9.17) is 14.2 Å². The van der Waals surface area contributed by atoms with Crippen molar-refractivity contribution < 1.29 is 23.8 Å². The van der Waals surface area contributed by atoms with E-state index in [1.54, 1.807) is 12.0 Å². The highest BCUT2D eigenvalue weighted by molar-refractivity contribution is 5.87. The smallest absolute Gasteiger partial charge is 0.243 e. The maximum absolute atomic E-state index is 13.4. The molecule has 7 heteroatoms. The lowest BCUT2D eigenvalue weighted by molar-refractivity contribution is -0.139. The molecular weight excluding hydrogens is 432 g/mol. The standard InChI is InChI=1S/C27H28N2O5/c1-19(30)29(17-21-8-11-23(32-2)12-9-21)24(14-20-6-4-3-5-7-20)27(31)28-16-22-10-13-25-26(15-22)34-18-33-25/h3-13,15,24H,14,16-18H2,1-2H3,(H,28,31)/t24-/m1/s1. The van der Waals surface area contributed by atoms with E-state index in [1.807, 2.05) is 72.8 Å². The van der Waals surface area contributed by atoms with Crippen molar-refractivity contribution in [3.05, 3.63) is 89.5 Å². The minimum absolute atomic E-state index is 0.171. The van der Waals surface area contributed by atoms with Gasteiger partial charge in [0.25, 0.3) is 0 Å². The first-order valence-corrected chi connectivity index (χ1v) is 11.1. The van der Waals surface area contributed by atoms with Gasteiger partial charge >= 0.3 is 0 Å². The van der Waals surface area contributed by atoms with Gasteiger partial charge in [-0.2, -0.15) is 0 Å². The summed E-state index contributed by atoms with van der Waals surface area (Å²) in [6.45, 7) is 2.32. The fourth-order valence-electron chi connectivity index (χ4n) is 3.91. The van der Waals surface area contributed by atoms with E-state index in [0.717, 1.165) is 22.4 Å². The Morgan fingerprint density at radius 2 is 1.65 bits per heavy atom. The monoisotopic (exact) mass is 460 g/mol. The van der Waals surface area contributed by atoms with Gasteiger partial charge in [0, 0.05) is 26.4 Å². The molecule has 0 aromatic heterocycles. The summed E-state index contributed by atoms with van der Waals surface area (Å²) in [5, 5.41) is 3.00. The molecule has 34 heavy (non-hydrogen) atoms. The molecular formula is C27H28N2O5. The molecule has 176 valence electrons. The summed E-state index contributed by atoms with van der Waals surface area (Å²) in [4.78, 5) is 27.7. The van der Waals surface area contributed by atoms with Crippen molar-refractivity contribution in [1.82, 2.24) is 10.2 Å². The van der Waals surface area contributed by atoms with Crippen LogP contribution in [0.25, 0.3) is 0 Å². The van der Waals surface area contributed by atoms with E-state index in [1.165, 1.54) is 6.92 Å². The van der Waals surface area contributed by atoms with Crippen LogP contribution in [0.3, 0.4) is 0 Å². The van der Waals surface area contributed by atoms with E-state index in [0.29, 0.717) is 31.0 Å². The van der Waals surface area contributed by atoms with Crippen LogP contribution in [0.4, 0.5) is 0 Å². The number of nitrogens with one attached hydrogen (secondary N) is 1. The molecule has 1 aliphatic rings. The number of benzene rings is 3. The largest absolute Gasteiger partial charge is 0.497 e. The molecule has 0 fully saturated rings. The second-order valence-corrected chi connectivity index (χ2v) is 8.11. The summed E-state index contributed by atoms with van der Waals surface area (Å²) in [5.41, 5.74) is 2.78. The summed E-state index contributed by atoms with van der Waals surface area (Å²) >= 11 is 0. The highest BCUT2D eigenvalue weighted by Gasteiger charge is 2.28. The van der Waals surface area contributed by atoms with Gasteiger partial charge in [0.2, 0.25) is 18.6 Å². The third kappa shape index (κ3) is 5.67. The number of amides is 2.